The lowest BCUT2D eigenvalue weighted by Crippen LogP contribution is -2.26. The minimum atomic E-state index is -0.477. The molecule has 3 rings (SSSR count). The zero-order chi connectivity index (χ0) is 20.6. The SMILES string of the molecule is C#CCCCc1[nH]c2c(F)cc(Br)cc2c1CCNC(=O)OCc1ccccc1. The molecule has 2 aromatic carbocycles. The Labute approximate surface area is 178 Å². The molecule has 2 N–H and O–H groups in total. The van der Waals surface area contributed by atoms with Crippen molar-refractivity contribution >= 4 is 32.9 Å². The van der Waals surface area contributed by atoms with Crippen LogP contribution in [0.15, 0.2) is 46.9 Å². The molecule has 0 saturated heterocycles. The fraction of sp³-hybridized carbons (Fsp3) is 0.261. The zero-order valence-corrected chi connectivity index (χ0v) is 17.5. The predicted octanol–water partition coefficient (Wildman–Crippen LogP) is 5.49. The summed E-state index contributed by atoms with van der Waals surface area (Å²) in [6.07, 6.45) is 7.62. The monoisotopic (exact) mass is 456 g/mol. The van der Waals surface area contributed by atoms with Crippen LogP contribution in [0.5, 0.6) is 0 Å². The molecular formula is C23H22BrFN2O2. The molecule has 4 nitrogen and oxygen atoms in total. The lowest BCUT2D eigenvalue weighted by molar-refractivity contribution is 0.140. The molecule has 0 unspecified atom stereocenters. The van der Waals surface area contributed by atoms with Gasteiger partial charge < -0.3 is 15.0 Å². The van der Waals surface area contributed by atoms with Crippen molar-refractivity contribution in [2.75, 3.05) is 6.54 Å². The molecule has 0 saturated carbocycles. The van der Waals surface area contributed by atoms with Crippen molar-refractivity contribution in [3.63, 3.8) is 0 Å². The standard InChI is InChI=1S/C23H22BrFN2O2/c1-2-3-5-10-21-18(19-13-17(24)14-20(25)22(19)27-21)11-12-26-23(28)29-15-16-8-6-4-7-9-16/h1,4,6-9,13-14,27H,3,5,10-12,15H2,(H,26,28). The van der Waals surface area contributed by atoms with Gasteiger partial charge in [0.1, 0.15) is 12.4 Å². The maximum atomic E-state index is 14.4. The third-order valence-electron chi connectivity index (χ3n) is 4.63. The van der Waals surface area contributed by atoms with Gasteiger partial charge in [-0.1, -0.05) is 46.3 Å². The highest BCUT2D eigenvalue weighted by Crippen LogP contribution is 2.29. The van der Waals surface area contributed by atoms with Crippen LogP contribution in [0.1, 0.15) is 29.7 Å². The Morgan fingerprint density at radius 2 is 2.03 bits per heavy atom. The van der Waals surface area contributed by atoms with Gasteiger partial charge in [0.2, 0.25) is 0 Å². The van der Waals surface area contributed by atoms with Crippen LogP contribution in [0.2, 0.25) is 0 Å². The number of halogens is 2. The summed E-state index contributed by atoms with van der Waals surface area (Å²) < 4.78 is 20.3. The average molecular weight is 457 g/mol. The lowest BCUT2D eigenvalue weighted by Gasteiger charge is -2.08. The van der Waals surface area contributed by atoms with E-state index >= 15 is 0 Å². The summed E-state index contributed by atoms with van der Waals surface area (Å²) in [5.74, 6) is 2.32. The number of rotatable bonds is 8. The van der Waals surface area contributed by atoms with Crippen molar-refractivity contribution < 1.29 is 13.9 Å². The number of nitrogens with one attached hydrogen (secondary N) is 2. The summed E-state index contributed by atoms with van der Waals surface area (Å²) >= 11 is 3.35. The van der Waals surface area contributed by atoms with E-state index in [4.69, 9.17) is 11.2 Å². The van der Waals surface area contributed by atoms with Crippen molar-refractivity contribution in [1.29, 1.82) is 0 Å². The van der Waals surface area contributed by atoms with E-state index in [9.17, 15) is 9.18 Å². The van der Waals surface area contributed by atoms with Gasteiger partial charge in [0.15, 0.2) is 0 Å². The van der Waals surface area contributed by atoms with Gasteiger partial charge in [-0.2, -0.15) is 0 Å². The zero-order valence-electron chi connectivity index (χ0n) is 15.9. The van der Waals surface area contributed by atoms with Gasteiger partial charge in [-0.25, -0.2) is 9.18 Å². The normalized spacial score (nSPS) is 10.7. The fourth-order valence-electron chi connectivity index (χ4n) is 3.26. The van der Waals surface area contributed by atoms with E-state index in [1.54, 1.807) is 0 Å². The van der Waals surface area contributed by atoms with Gasteiger partial charge in [0.25, 0.3) is 0 Å². The number of H-pyrrole nitrogens is 1. The highest BCUT2D eigenvalue weighted by atomic mass is 79.9. The van der Waals surface area contributed by atoms with E-state index in [-0.39, 0.29) is 12.4 Å². The molecule has 1 heterocycles. The van der Waals surface area contributed by atoms with E-state index in [1.807, 2.05) is 36.4 Å². The second-order valence-corrected chi connectivity index (χ2v) is 7.60. The van der Waals surface area contributed by atoms with Crippen LogP contribution in [0.25, 0.3) is 10.9 Å². The lowest BCUT2D eigenvalue weighted by atomic mass is 10.0. The number of amides is 1. The van der Waals surface area contributed by atoms with Crippen LogP contribution in [0, 0.1) is 18.2 Å². The third kappa shape index (κ3) is 5.61. The minimum Gasteiger partial charge on any atom is -0.445 e. The second-order valence-electron chi connectivity index (χ2n) is 6.69. The fourth-order valence-corrected chi connectivity index (χ4v) is 3.69. The first kappa shape index (κ1) is 20.9. The van der Waals surface area contributed by atoms with Crippen molar-refractivity contribution in [3.05, 3.63) is 69.6 Å². The number of carbonyl (C=O) groups excluding carboxylic acids is 1. The Balaban J connectivity index is 1.65. The van der Waals surface area contributed by atoms with Gasteiger partial charge >= 0.3 is 6.09 Å². The maximum absolute atomic E-state index is 14.4. The number of aromatic nitrogens is 1. The maximum Gasteiger partial charge on any atom is 0.407 e. The van der Waals surface area contributed by atoms with Gasteiger partial charge in [-0.05, 0) is 42.5 Å². The van der Waals surface area contributed by atoms with Gasteiger partial charge in [0.05, 0.1) is 5.52 Å². The predicted molar refractivity (Wildman–Crippen MR) is 116 cm³/mol. The summed E-state index contributed by atoms with van der Waals surface area (Å²) in [7, 11) is 0. The van der Waals surface area contributed by atoms with Crippen LogP contribution in [0.4, 0.5) is 9.18 Å². The number of aryl methyl sites for hydroxylation is 1. The second kappa shape index (κ2) is 10.1. The Kier molecular flexibility index (Phi) is 7.31. The molecule has 0 atom stereocenters. The topological polar surface area (TPSA) is 54.1 Å². The Morgan fingerprint density at radius 1 is 1.24 bits per heavy atom. The molecule has 0 aliphatic heterocycles. The smallest absolute Gasteiger partial charge is 0.407 e. The van der Waals surface area contributed by atoms with Crippen LogP contribution >= 0.6 is 15.9 Å². The number of unbranched alkanes of at least 4 members (excludes halogenated alkanes) is 1. The molecule has 1 aromatic heterocycles. The van der Waals surface area contributed by atoms with E-state index in [0.29, 0.717) is 29.4 Å². The van der Waals surface area contributed by atoms with Crippen molar-refractivity contribution in [3.8, 4) is 12.3 Å². The van der Waals surface area contributed by atoms with E-state index in [1.165, 1.54) is 6.07 Å². The van der Waals surface area contributed by atoms with Crippen LogP contribution in [-0.2, 0) is 24.2 Å². The molecule has 0 radical (unpaired) electrons. The average Bonchev–Trinajstić information content (AvgIpc) is 3.05. The van der Waals surface area contributed by atoms with E-state index in [0.717, 1.165) is 35.0 Å². The molecule has 0 bridgehead atoms. The van der Waals surface area contributed by atoms with Gasteiger partial charge in [0, 0.05) is 28.5 Å². The number of hydrogen-bond acceptors (Lipinski definition) is 2. The molecule has 3 aromatic rings. The number of fused-ring (bicyclic) bond motifs is 1. The Hall–Kier alpha value is -2.78. The van der Waals surface area contributed by atoms with E-state index < -0.39 is 6.09 Å². The highest BCUT2D eigenvalue weighted by molar-refractivity contribution is 9.10. The van der Waals surface area contributed by atoms with Crippen molar-refractivity contribution in [1.82, 2.24) is 10.3 Å². The number of carbonyl (C=O) groups is 1. The molecule has 0 spiro atoms. The molecule has 0 aliphatic carbocycles. The molecule has 0 fully saturated rings. The van der Waals surface area contributed by atoms with Crippen molar-refractivity contribution in [2.45, 2.75) is 32.3 Å². The first-order valence-electron chi connectivity index (χ1n) is 9.45. The summed E-state index contributed by atoms with van der Waals surface area (Å²) in [6.45, 7) is 0.603. The number of terminal acetylenes is 1. The Bertz CT molecular complexity index is 1020. The first-order chi connectivity index (χ1) is 14.1. The summed E-state index contributed by atoms with van der Waals surface area (Å²) in [4.78, 5) is 15.2. The van der Waals surface area contributed by atoms with Crippen LogP contribution in [-0.4, -0.2) is 17.6 Å². The molecule has 150 valence electrons. The number of benzene rings is 2. The number of aromatic amines is 1. The molecule has 29 heavy (non-hydrogen) atoms. The Morgan fingerprint density at radius 3 is 2.79 bits per heavy atom. The van der Waals surface area contributed by atoms with Gasteiger partial charge in [-0.15, -0.1) is 12.3 Å². The minimum absolute atomic E-state index is 0.218. The molecule has 6 heteroatoms. The first-order valence-corrected chi connectivity index (χ1v) is 10.2. The quantitative estimate of drug-likeness (QED) is 0.347. The molecule has 0 aliphatic rings. The highest BCUT2D eigenvalue weighted by Gasteiger charge is 2.15. The third-order valence-corrected chi connectivity index (χ3v) is 5.08. The number of ether oxygens (including phenoxy) is 1. The van der Waals surface area contributed by atoms with E-state index in [2.05, 4.69) is 32.2 Å². The van der Waals surface area contributed by atoms with Crippen LogP contribution in [0.3, 0.4) is 0 Å². The largest absolute Gasteiger partial charge is 0.445 e. The molecular weight excluding hydrogens is 435 g/mol. The van der Waals surface area contributed by atoms with Crippen LogP contribution < -0.4 is 5.32 Å². The van der Waals surface area contributed by atoms with Gasteiger partial charge in [-0.3, -0.25) is 0 Å². The summed E-state index contributed by atoms with van der Waals surface area (Å²) in [5.41, 5.74) is 3.34. The number of hydrogen-bond donors (Lipinski definition) is 2. The summed E-state index contributed by atoms with van der Waals surface area (Å²) in [5, 5.41) is 3.58. The molecule has 1 amide bonds. The summed E-state index contributed by atoms with van der Waals surface area (Å²) in [6, 6.07) is 12.8. The number of alkyl carbamates (subject to hydrolysis) is 1. The van der Waals surface area contributed by atoms with Crippen molar-refractivity contribution in [2.24, 2.45) is 0 Å².